The smallest absolute Gasteiger partial charge is 0.320 e. The Labute approximate surface area is 103 Å². The summed E-state index contributed by atoms with van der Waals surface area (Å²) < 4.78 is 6.00. The zero-order valence-corrected chi connectivity index (χ0v) is 10.7. The van der Waals surface area contributed by atoms with Gasteiger partial charge in [-0.05, 0) is 36.6 Å². The first-order valence-corrected chi connectivity index (χ1v) is 5.56. The highest BCUT2D eigenvalue weighted by molar-refractivity contribution is 9.10. The highest BCUT2D eigenvalue weighted by Gasteiger charge is 2.15. The average Bonchev–Trinajstić information content (AvgIpc) is 2.24. The first kappa shape index (κ1) is 13.0. The fourth-order valence-corrected chi connectivity index (χ4v) is 1.79. The molecule has 1 aromatic carbocycles. The fraction of sp³-hybridized carbons (Fsp3) is 0.364. The van der Waals surface area contributed by atoms with E-state index in [4.69, 9.17) is 15.6 Å². The first-order valence-electron chi connectivity index (χ1n) is 4.77. The van der Waals surface area contributed by atoms with Gasteiger partial charge in [0, 0.05) is 4.47 Å². The van der Waals surface area contributed by atoms with Crippen LogP contribution in [0.5, 0.6) is 5.75 Å². The molecule has 0 aliphatic heterocycles. The van der Waals surface area contributed by atoms with E-state index in [2.05, 4.69) is 15.9 Å². The number of methoxy groups -OCH3 is 1. The van der Waals surface area contributed by atoms with Crippen molar-refractivity contribution in [3.63, 3.8) is 0 Å². The molecule has 0 bridgehead atoms. The highest BCUT2D eigenvalue weighted by atomic mass is 79.9. The van der Waals surface area contributed by atoms with Crippen molar-refractivity contribution >= 4 is 21.9 Å². The third-order valence-electron chi connectivity index (χ3n) is 2.30. The zero-order valence-electron chi connectivity index (χ0n) is 9.16. The van der Waals surface area contributed by atoms with E-state index in [-0.39, 0.29) is 6.42 Å². The summed E-state index contributed by atoms with van der Waals surface area (Å²) in [7, 11) is 1.57. The van der Waals surface area contributed by atoms with Crippen LogP contribution in [0.3, 0.4) is 0 Å². The van der Waals surface area contributed by atoms with Gasteiger partial charge in [-0.1, -0.05) is 15.9 Å². The minimum atomic E-state index is -1.01. The van der Waals surface area contributed by atoms with Crippen molar-refractivity contribution < 1.29 is 14.6 Å². The van der Waals surface area contributed by atoms with Gasteiger partial charge in [0.15, 0.2) is 0 Å². The largest absolute Gasteiger partial charge is 0.497 e. The molecule has 0 aliphatic carbocycles. The molecule has 16 heavy (non-hydrogen) atoms. The lowest BCUT2D eigenvalue weighted by Gasteiger charge is -2.12. The summed E-state index contributed by atoms with van der Waals surface area (Å²) in [5.74, 6) is -0.305. The van der Waals surface area contributed by atoms with Gasteiger partial charge in [0.1, 0.15) is 11.8 Å². The number of nitrogens with two attached hydrogens (primary N) is 1. The number of aliphatic carboxylic acids is 1. The average molecular weight is 288 g/mol. The molecule has 4 nitrogen and oxygen atoms in total. The summed E-state index contributed by atoms with van der Waals surface area (Å²) in [6.45, 7) is 1.92. The number of carboxylic acid groups (broad SMARTS) is 1. The van der Waals surface area contributed by atoms with E-state index in [1.54, 1.807) is 13.2 Å². The quantitative estimate of drug-likeness (QED) is 0.885. The third kappa shape index (κ3) is 2.96. The van der Waals surface area contributed by atoms with E-state index < -0.39 is 12.0 Å². The van der Waals surface area contributed by atoms with Crippen LogP contribution in [0.1, 0.15) is 11.1 Å². The van der Waals surface area contributed by atoms with E-state index in [1.165, 1.54) is 0 Å². The molecule has 0 radical (unpaired) electrons. The Balaban J connectivity index is 3.03. The van der Waals surface area contributed by atoms with E-state index in [0.29, 0.717) is 5.75 Å². The van der Waals surface area contributed by atoms with Crippen LogP contribution in [-0.2, 0) is 11.2 Å². The van der Waals surface area contributed by atoms with E-state index >= 15 is 0 Å². The molecule has 0 amide bonds. The number of carboxylic acids is 1. The predicted molar refractivity (Wildman–Crippen MR) is 64.7 cm³/mol. The van der Waals surface area contributed by atoms with E-state index in [9.17, 15) is 4.79 Å². The van der Waals surface area contributed by atoms with Crippen LogP contribution >= 0.6 is 15.9 Å². The maximum atomic E-state index is 10.7. The molecule has 0 spiro atoms. The Morgan fingerprint density at radius 2 is 2.25 bits per heavy atom. The maximum Gasteiger partial charge on any atom is 0.320 e. The molecule has 0 aliphatic rings. The predicted octanol–water partition coefficient (Wildman–Crippen LogP) is 1.72. The van der Waals surface area contributed by atoms with Crippen LogP contribution in [0.4, 0.5) is 0 Å². The number of halogens is 1. The molecule has 0 saturated heterocycles. The molecule has 3 N–H and O–H groups in total. The lowest BCUT2D eigenvalue weighted by atomic mass is 10.0. The van der Waals surface area contributed by atoms with Crippen LogP contribution in [-0.4, -0.2) is 24.2 Å². The topological polar surface area (TPSA) is 72.5 Å². The Bertz CT molecular complexity index is 406. The molecular weight excluding hydrogens is 274 g/mol. The van der Waals surface area contributed by atoms with Crippen molar-refractivity contribution in [1.29, 1.82) is 0 Å². The van der Waals surface area contributed by atoms with Crippen LogP contribution < -0.4 is 10.5 Å². The molecule has 0 fully saturated rings. The highest BCUT2D eigenvalue weighted by Crippen LogP contribution is 2.27. The minimum absolute atomic E-state index is 0.272. The molecular formula is C11H14BrNO3. The molecule has 1 atom stereocenters. The number of carbonyl (C=O) groups is 1. The van der Waals surface area contributed by atoms with Crippen molar-refractivity contribution in [1.82, 2.24) is 0 Å². The van der Waals surface area contributed by atoms with Gasteiger partial charge in [-0.2, -0.15) is 0 Å². The number of hydrogen-bond donors (Lipinski definition) is 2. The first-order chi connectivity index (χ1) is 7.45. The Morgan fingerprint density at radius 1 is 1.62 bits per heavy atom. The van der Waals surface area contributed by atoms with Crippen LogP contribution in [0, 0.1) is 6.92 Å². The molecule has 0 aromatic heterocycles. The summed E-state index contributed by atoms with van der Waals surface area (Å²) in [5.41, 5.74) is 7.33. The van der Waals surface area contributed by atoms with Gasteiger partial charge in [0.2, 0.25) is 0 Å². The molecule has 0 heterocycles. The third-order valence-corrected chi connectivity index (χ3v) is 3.43. The molecule has 1 rings (SSSR count). The monoisotopic (exact) mass is 287 g/mol. The van der Waals surface area contributed by atoms with Crippen molar-refractivity contribution in [2.24, 2.45) is 5.73 Å². The Hall–Kier alpha value is -1.07. The summed E-state index contributed by atoms with van der Waals surface area (Å²) in [5, 5.41) is 8.76. The van der Waals surface area contributed by atoms with Crippen molar-refractivity contribution in [3.05, 3.63) is 27.7 Å². The second-order valence-corrected chi connectivity index (χ2v) is 4.36. The molecule has 0 saturated carbocycles. The van der Waals surface area contributed by atoms with Crippen LogP contribution in [0.15, 0.2) is 16.6 Å². The second-order valence-electron chi connectivity index (χ2n) is 3.57. The number of rotatable bonds is 4. The zero-order chi connectivity index (χ0) is 12.3. The Morgan fingerprint density at radius 3 is 2.75 bits per heavy atom. The van der Waals surface area contributed by atoms with Crippen molar-refractivity contribution in [2.45, 2.75) is 19.4 Å². The van der Waals surface area contributed by atoms with Gasteiger partial charge >= 0.3 is 5.97 Å². The number of hydrogen-bond acceptors (Lipinski definition) is 3. The lowest BCUT2D eigenvalue weighted by Crippen LogP contribution is -2.32. The second kappa shape index (κ2) is 5.32. The van der Waals surface area contributed by atoms with Crippen LogP contribution in [0.25, 0.3) is 0 Å². The van der Waals surface area contributed by atoms with E-state index in [0.717, 1.165) is 15.6 Å². The molecule has 5 heteroatoms. The number of ether oxygens (including phenoxy) is 1. The van der Waals surface area contributed by atoms with Gasteiger partial charge in [-0.3, -0.25) is 4.79 Å². The van der Waals surface area contributed by atoms with Crippen LogP contribution in [0.2, 0.25) is 0 Å². The molecule has 1 aromatic rings. The summed E-state index contributed by atoms with van der Waals surface area (Å²) in [4.78, 5) is 10.7. The van der Waals surface area contributed by atoms with Gasteiger partial charge in [0.25, 0.3) is 0 Å². The fourth-order valence-electron chi connectivity index (χ4n) is 1.40. The normalized spacial score (nSPS) is 12.2. The van der Waals surface area contributed by atoms with Gasteiger partial charge < -0.3 is 15.6 Å². The van der Waals surface area contributed by atoms with E-state index in [1.807, 2.05) is 13.0 Å². The van der Waals surface area contributed by atoms with Gasteiger partial charge in [0.05, 0.1) is 7.11 Å². The maximum absolute atomic E-state index is 10.7. The Kier molecular flexibility index (Phi) is 4.32. The van der Waals surface area contributed by atoms with Gasteiger partial charge in [-0.15, -0.1) is 0 Å². The SMILES string of the molecule is COc1cc(C)c(Br)c(CC(N)C(=O)O)c1. The summed E-state index contributed by atoms with van der Waals surface area (Å²) in [6, 6.07) is 2.77. The van der Waals surface area contributed by atoms with Crippen molar-refractivity contribution in [2.75, 3.05) is 7.11 Å². The summed E-state index contributed by atoms with van der Waals surface area (Å²) >= 11 is 3.42. The summed E-state index contributed by atoms with van der Waals surface area (Å²) in [6.07, 6.45) is 0.272. The minimum Gasteiger partial charge on any atom is -0.497 e. The van der Waals surface area contributed by atoms with Crippen molar-refractivity contribution in [3.8, 4) is 5.75 Å². The number of benzene rings is 1. The standard InChI is InChI=1S/C11H14BrNO3/c1-6-3-8(16-2)4-7(10(6)12)5-9(13)11(14)15/h3-4,9H,5,13H2,1-2H3,(H,14,15). The molecule has 88 valence electrons. The molecule has 1 unspecified atom stereocenters. The van der Waals surface area contributed by atoms with Gasteiger partial charge in [-0.25, -0.2) is 0 Å². The lowest BCUT2D eigenvalue weighted by molar-refractivity contribution is -0.138. The number of aryl methyl sites for hydroxylation is 1.